The number of hydrogen-bond donors (Lipinski definition) is 1. The maximum Gasteiger partial charge on any atom is 0.304 e. The Morgan fingerprint density at radius 3 is 2.41 bits per heavy atom. The standard InChI is InChI=1S/C13H18O3S/c1-4-16-10-5-7-11(8-6-10)17-13(2,3)9-12(14)15/h5-8H,4,9H2,1-3H3,(H,14,15). The van der Waals surface area contributed by atoms with E-state index in [-0.39, 0.29) is 11.2 Å². The SMILES string of the molecule is CCOc1ccc(SC(C)(C)CC(=O)O)cc1. The van der Waals surface area contributed by atoms with Crippen LogP contribution in [0.25, 0.3) is 0 Å². The Labute approximate surface area is 106 Å². The van der Waals surface area contributed by atoms with E-state index >= 15 is 0 Å². The average molecular weight is 254 g/mol. The van der Waals surface area contributed by atoms with Crippen LogP contribution in [0.15, 0.2) is 29.2 Å². The van der Waals surface area contributed by atoms with E-state index in [2.05, 4.69) is 0 Å². The molecule has 4 heteroatoms. The maximum absolute atomic E-state index is 10.7. The number of carboxylic acid groups (broad SMARTS) is 1. The number of hydrogen-bond acceptors (Lipinski definition) is 3. The topological polar surface area (TPSA) is 46.5 Å². The predicted molar refractivity (Wildman–Crippen MR) is 69.8 cm³/mol. The molecule has 1 N–H and O–H groups in total. The van der Waals surface area contributed by atoms with Crippen molar-refractivity contribution >= 4 is 17.7 Å². The van der Waals surface area contributed by atoms with Gasteiger partial charge in [0, 0.05) is 9.64 Å². The first-order valence-electron chi connectivity index (χ1n) is 5.56. The lowest BCUT2D eigenvalue weighted by Crippen LogP contribution is -2.19. The van der Waals surface area contributed by atoms with Gasteiger partial charge in [-0.1, -0.05) is 0 Å². The third-order valence-corrected chi connectivity index (χ3v) is 3.31. The van der Waals surface area contributed by atoms with Gasteiger partial charge in [-0.25, -0.2) is 0 Å². The summed E-state index contributed by atoms with van der Waals surface area (Å²) in [4.78, 5) is 11.8. The molecule has 0 aliphatic carbocycles. The van der Waals surface area contributed by atoms with Crippen molar-refractivity contribution in [1.29, 1.82) is 0 Å². The molecule has 1 rings (SSSR count). The highest BCUT2D eigenvalue weighted by molar-refractivity contribution is 8.00. The van der Waals surface area contributed by atoms with Crippen molar-refractivity contribution in [2.24, 2.45) is 0 Å². The molecule has 94 valence electrons. The van der Waals surface area contributed by atoms with E-state index < -0.39 is 5.97 Å². The molecule has 3 nitrogen and oxygen atoms in total. The van der Waals surface area contributed by atoms with E-state index in [1.807, 2.05) is 45.0 Å². The number of benzene rings is 1. The quantitative estimate of drug-likeness (QED) is 0.790. The summed E-state index contributed by atoms with van der Waals surface area (Å²) in [5.74, 6) is 0.0707. The van der Waals surface area contributed by atoms with Crippen LogP contribution in [-0.4, -0.2) is 22.4 Å². The van der Waals surface area contributed by atoms with Crippen LogP contribution in [0.5, 0.6) is 5.75 Å². The van der Waals surface area contributed by atoms with Crippen LogP contribution in [0.2, 0.25) is 0 Å². The zero-order chi connectivity index (χ0) is 12.9. The molecule has 0 saturated carbocycles. The molecule has 0 aliphatic rings. The van der Waals surface area contributed by atoms with Crippen LogP contribution in [0.3, 0.4) is 0 Å². The second-order valence-electron chi connectivity index (χ2n) is 4.34. The number of aliphatic carboxylic acids is 1. The highest BCUT2D eigenvalue weighted by Gasteiger charge is 2.23. The van der Waals surface area contributed by atoms with E-state index in [1.165, 1.54) is 0 Å². The summed E-state index contributed by atoms with van der Waals surface area (Å²) < 4.78 is 5.05. The lowest BCUT2D eigenvalue weighted by molar-refractivity contribution is -0.137. The van der Waals surface area contributed by atoms with Gasteiger partial charge in [0.05, 0.1) is 13.0 Å². The van der Waals surface area contributed by atoms with Gasteiger partial charge >= 0.3 is 5.97 Å². The fraction of sp³-hybridized carbons (Fsp3) is 0.462. The van der Waals surface area contributed by atoms with E-state index in [1.54, 1.807) is 11.8 Å². The van der Waals surface area contributed by atoms with Crippen LogP contribution in [0.1, 0.15) is 27.2 Å². The minimum atomic E-state index is -0.770. The molecule has 0 unspecified atom stereocenters. The van der Waals surface area contributed by atoms with Crippen LogP contribution < -0.4 is 4.74 Å². The first-order chi connectivity index (χ1) is 7.93. The van der Waals surface area contributed by atoms with Gasteiger partial charge in [0.2, 0.25) is 0 Å². The largest absolute Gasteiger partial charge is 0.494 e. The van der Waals surface area contributed by atoms with Gasteiger partial charge in [0.1, 0.15) is 5.75 Å². The third-order valence-electron chi connectivity index (χ3n) is 2.11. The summed E-state index contributed by atoms with van der Waals surface area (Å²) in [5, 5.41) is 8.81. The Bertz CT molecular complexity index is 371. The van der Waals surface area contributed by atoms with Gasteiger partial charge in [-0.05, 0) is 45.0 Å². The smallest absolute Gasteiger partial charge is 0.304 e. The van der Waals surface area contributed by atoms with Crippen molar-refractivity contribution in [2.75, 3.05) is 6.61 Å². The number of carboxylic acids is 1. The number of thioether (sulfide) groups is 1. The van der Waals surface area contributed by atoms with E-state index in [0.29, 0.717) is 6.61 Å². The zero-order valence-corrected chi connectivity index (χ0v) is 11.2. The van der Waals surface area contributed by atoms with Crippen LogP contribution in [0.4, 0.5) is 0 Å². The Kier molecular flexibility index (Phi) is 4.87. The number of ether oxygens (including phenoxy) is 1. The van der Waals surface area contributed by atoms with E-state index in [9.17, 15) is 4.79 Å². The van der Waals surface area contributed by atoms with Crippen LogP contribution in [-0.2, 0) is 4.79 Å². The fourth-order valence-electron chi connectivity index (χ4n) is 1.49. The van der Waals surface area contributed by atoms with Gasteiger partial charge in [-0.15, -0.1) is 11.8 Å². The van der Waals surface area contributed by atoms with Gasteiger partial charge in [0.25, 0.3) is 0 Å². The molecule has 1 aromatic rings. The molecule has 0 atom stereocenters. The molecule has 0 amide bonds. The monoisotopic (exact) mass is 254 g/mol. The van der Waals surface area contributed by atoms with Gasteiger partial charge in [0.15, 0.2) is 0 Å². The maximum atomic E-state index is 10.7. The molecule has 0 fully saturated rings. The van der Waals surface area contributed by atoms with E-state index in [4.69, 9.17) is 9.84 Å². The summed E-state index contributed by atoms with van der Waals surface area (Å²) in [6, 6.07) is 7.73. The second-order valence-corrected chi connectivity index (χ2v) is 6.12. The highest BCUT2D eigenvalue weighted by atomic mass is 32.2. The lowest BCUT2D eigenvalue weighted by atomic mass is 10.1. The summed E-state index contributed by atoms with van der Waals surface area (Å²) in [5.41, 5.74) is 0. The Balaban J connectivity index is 2.65. The summed E-state index contributed by atoms with van der Waals surface area (Å²) >= 11 is 1.56. The van der Waals surface area contributed by atoms with Crippen LogP contribution in [0, 0.1) is 0 Å². The number of rotatable bonds is 6. The predicted octanol–water partition coefficient (Wildman–Crippen LogP) is 3.43. The molecule has 0 spiro atoms. The zero-order valence-electron chi connectivity index (χ0n) is 10.4. The fourth-order valence-corrected chi connectivity index (χ4v) is 2.60. The van der Waals surface area contributed by atoms with Crippen molar-refractivity contribution in [1.82, 2.24) is 0 Å². The molecular weight excluding hydrogens is 236 g/mol. The van der Waals surface area contributed by atoms with E-state index in [0.717, 1.165) is 10.6 Å². The lowest BCUT2D eigenvalue weighted by Gasteiger charge is -2.21. The number of carbonyl (C=O) groups is 1. The summed E-state index contributed by atoms with van der Waals surface area (Å²) in [7, 11) is 0. The normalized spacial score (nSPS) is 11.2. The molecule has 0 radical (unpaired) electrons. The Morgan fingerprint density at radius 2 is 1.94 bits per heavy atom. The van der Waals surface area contributed by atoms with Crippen molar-refractivity contribution in [3.8, 4) is 5.75 Å². The van der Waals surface area contributed by atoms with Crippen molar-refractivity contribution in [3.05, 3.63) is 24.3 Å². The molecule has 0 saturated heterocycles. The average Bonchev–Trinajstić information content (AvgIpc) is 2.18. The second kappa shape index (κ2) is 5.96. The van der Waals surface area contributed by atoms with Gasteiger partial charge < -0.3 is 9.84 Å². The highest BCUT2D eigenvalue weighted by Crippen LogP contribution is 2.35. The third kappa shape index (κ3) is 5.13. The first kappa shape index (κ1) is 13.9. The summed E-state index contributed by atoms with van der Waals surface area (Å²) in [6.07, 6.45) is 0.144. The molecule has 17 heavy (non-hydrogen) atoms. The minimum absolute atomic E-state index is 0.144. The summed E-state index contributed by atoms with van der Waals surface area (Å²) in [6.45, 7) is 6.46. The molecule has 0 aliphatic heterocycles. The minimum Gasteiger partial charge on any atom is -0.494 e. The molecule has 0 aromatic heterocycles. The Hall–Kier alpha value is -1.16. The van der Waals surface area contributed by atoms with Crippen molar-refractivity contribution in [3.63, 3.8) is 0 Å². The van der Waals surface area contributed by atoms with Crippen molar-refractivity contribution < 1.29 is 14.6 Å². The van der Waals surface area contributed by atoms with Gasteiger partial charge in [-0.2, -0.15) is 0 Å². The first-order valence-corrected chi connectivity index (χ1v) is 6.38. The molecule has 0 heterocycles. The molecular formula is C13H18O3S. The van der Waals surface area contributed by atoms with Crippen LogP contribution >= 0.6 is 11.8 Å². The Morgan fingerprint density at radius 1 is 1.35 bits per heavy atom. The van der Waals surface area contributed by atoms with Crippen molar-refractivity contribution in [2.45, 2.75) is 36.8 Å². The molecule has 0 bridgehead atoms. The molecule has 1 aromatic carbocycles. The van der Waals surface area contributed by atoms with Gasteiger partial charge in [-0.3, -0.25) is 4.79 Å².